The fourth-order valence-electron chi connectivity index (χ4n) is 3.59. The van der Waals surface area contributed by atoms with Crippen LogP contribution >= 0.6 is 11.3 Å². The molecule has 1 aliphatic heterocycles. The third-order valence-corrected chi connectivity index (χ3v) is 6.17. The highest BCUT2D eigenvalue weighted by atomic mass is 32.1. The Morgan fingerprint density at radius 1 is 0.970 bits per heavy atom. The molecule has 172 valence electrons. The van der Waals surface area contributed by atoms with E-state index in [4.69, 9.17) is 0 Å². The highest BCUT2D eigenvalue weighted by Crippen LogP contribution is 2.34. The number of rotatable bonds is 5. The maximum Gasteiger partial charge on any atom is 0.418 e. The minimum Gasteiger partial charge on any atom is -0.335 e. The van der Waals surface area contributed by atoms with Crippen molar-refractivity contribution in [2.75, 3.05) is 38.0 Å². The van der Waals surface area contributed by atoms with Crippen LogP contribution in [0, 0.1) is 0 Å². The van der Waals surface area contributed by atoms with Crippen molar-refractivity contribution in [3.63, 3.8) is 0 Å². The van der Waals surface area contributed by atoms with E-state index >= 15 is 0 Å². The van der Waals surface area contributed by atoms with Crippen LogP contribution in [0.3, 0.4) is 0 Å². The van der Waals surface area contributed by atoms with Crippen molar-refractivity contribution in [2.24, 2.45) is 0 Å². The molecule has 1 saturated heterocycles. The number of alkyl halides is 3. The van der Waals surface area contributed by atoms with Gasteiger partial charge in [-0.05, 0) is 12.1 Å². The predicted octanol–water partition coefficient (Wildman–Crippen LogP) is 4.23. The van der Waals surface area contributed by atoms with E-state index in [0.717, 1.165) is 16.6 Å². The number of para-hydroxylation sites is 1. The van der Waals surface area contributed by atoms with Crippen molar-refractivity contribution in [2.45, 2.75) is 6.18 Å². The fourth-order valence-corrected chi connectivity index (χ4v) is 4.39. The first-order chi connectivity index (χ1) is 15.8. The standard InChI is InChI=1S/C23H21F3N4O2S/c24-23(25,26)17-8-4-5-9-18(17)27-20(31)14-29-10-12-30(13-11-29)22(32)19-15-33-21(28-19)16-6-2-1-3-7-16/h1-9,15H,10-14H2,(H,27,31). The van der Waals surface area contributed by atoms with Gasteiger partial charge in [0.2, 0.25) is 5.91 Å². The number of hydrogen-bond acceptors (Lipinski definition) is 5. The molecule has 3 aromatic rings. The Kier molecular flexibility index (Phi) is 6.75. The second-order valence-corrected chi connectivity index (χ2v) is 8.42. The van der Waals surface area contributed by atoms with E-state index in [1.165, 1.54) is 29.5 Å². The van der Waals surface area contributed by atoms with Gasteiger partial charge in [-0.15, -0.1) is 11.3 Å². The zero-order valence-electron chi connectivity index (χ0n) is 17.5. The SMILES string of the molecule is O=C(CN1CCN(C(=O)c2csc(-c3ccccc3)n2)CC1)Nc1ccccc1C(F)(F)F. The molecule has 0 bridgehead atoms. The van der Waals surface area contributed by atoms with Crippen molar-refractivity contribution in [1.29, 1.82) is 0 Å². The van der Waals surface area contributed by atoms with Gasteiger partial charge in [0.25, 0.3) is 5.91 Å². The van der Waals surface area contributed by atoms with E-state index < -0.39 is 17.6 Å². The number of anilines is 1. The molecule has 33 heavy (non-hydrogen) atoms. The van der Waals surface area contributed by atoms with Crippen molar-refractivity contribution in [1.82, 2.24) is 14.8 Å². The first-order valence-corrected chi connectivity index (χ1v) is 11.2. The minimum atomic E-state index is -4.55. The van der Waals surface area contributed by atoms with Gasteiger partial charge in [0.1, 0.15) is 10.7 Å². The molecule has 0 unspecified atom stereocenters. The van der Waals surface area contributed by atoms with Crippen LogP contribution in [-0.4, -0.2) is 59.3 Å². The number of carbonyl (C=O) groups is 2. The van der Waals surface area contributed by atoms with Gasteiger partial charge < -0.3 is 10.2 Å². The largest absolute Gasteiger partial charge is 0.418 e. The lowest BCUT2D eigenvalue weighted by molar-refractivity contribution is -0.137. The molecular weight excluding hydrogens is 453 g/mol. The van der Waals surface area contributed by atoms with Gasteiger partial charge in [-0.25, -0.2) is 4.98 Å². The molecule has 0 radical (unpaired) electrons. The number of amides is 2. The normalized spacial score (nSPS) is 14.8. The summed E-state index contributed by atoms with van der Waals surface area (Å²) in [5, 5.41) is 4.86. The summed E-state index contributed by atoms with van der Waals surface area (Å²) >= 11 is 1.41. The van der Waals surface area contributed by atoms with E-state index in [1.54, 1.807) is 10.3 Å². The van der Waals surface area contributed by atoms with Crippen LogP contribution in [-0.2, 0) is 11.0 Å². The topological polar surface area (TPSA) is 65.5 Å². The molecule has 10 heteroatoms. The van der Waals surface area contributed by atoms with Crippen LogP contribution in [0.15, 0.2) is 60.0 Å². The molecule has 2 amide bonds. The zero-order valence-corrected chi connectivity index (χ0v) is 18.3. The lowest BCUT2D eigenvalue weighted by Gasteiger charge is -2.34. The number of thiazole rings is 1. The van der Waals surface area contributed by atoms with Gasteiger partial charge >= 0.3 is 6.18 Å². The molecule has 0 saturated carbocycles. The molecule has 4 rings (SSSR count). The summed E-state index contributed by atoms with van der Waals surface area (Å²) in [7, 11) is 0. The number of hydrogen-bond donors (Lipinski definition) is 1. The van der Waals surface area contributed by atoms with Crippen LogP contribution in [0.4, 0.5) is 18.9 Å². The van der Waals surface area contributed by atoms with Crippen LogP contribution < -0.4 is 5.32 Å². The molecule has 1 fully saturated rings. The quantitative estimate of drug-likeness (QED) is 0.601. The Morgan fingerprint density at radius 2 is 1.64 bits per heavy atom. The number of halogens is 3. The first-order valence-electron chi connectivity index (χ1n) is 10.3. The Bertz CT molecular complexity index is 1130. The summed E-state index contributed by atoms with van der Waals surface area (Å²) in [4.78, 5) is 33.1. The third-order valence-electron chi connectivity index (χ3n) is 5.28. The molecular formula is C23H21F3N4O2S. The lowest BCUT2D eigenvalue weighted by atomic mass is 10.1. The summed E-state index contributed by atoms with van der Waals surface area (Å²) in [6.45, 7) is 1.64. The second kappa shape index (κ2) is 9.72. The molecule has 0 aliphatic carbocycles. The van der Waals surface area contributed by atoms with Gasteiger partial charge in [0.15, 0.2) is 0 Å². The third kappa shape index (κ3) is 5.58. The van der Waals surface area contributed by atoms with Gasteiger partial charge in [0, 0.05) is 37.1 Å². The smallest absolute Gasteiger partial charge is 0.335 e. The Hall–Kier alpha value is -3.24. The van der Waals surface area contributed by atoms with Crippen molar-refractivity contribution in [3.8, 4) is 10.6 Å². The summed E-state index contributed by atoms with van der Waals surface area (Å²) in [5.74, 6) is -0.699. The van der Waals surface area contributed by atoms with Gasteiger partial charge in [-0.2, -0.15) is 13.2 Å². The van der Waals surface area contributed by atoms with E-state index in [2.05, 4.69) is 10.3 Å². The highest BCUT2D eigenvalue weighted by Gasteiger charge is 2.33. The van der Waals surface area contributed by atoms with Crippen molar-refractivity contribution >= 4 is 28.8 Å². The maximum absolute atomic E-state index is 13.1. The average molecular weight is 475 g/mol. The number of nitrogens with one attached hydrogen (secondary N) is 1. The van der Waals surface area contributed by atoms with Crippen LogP contribution in [0.5, 0.6) is 0 Å². The maximum atomic E-state index is 13.1. The van der Waals surface area contributed by atoms with Crippen molar-refractivity contribution in [3.05, 3.63) is 71.2 Å². The van der Waals surface area contributed by atoms with Crippen LogP contribution in [0.25, 0.3) is 10.6 Å². The highest BCUT2D eigenvalue weighted by molar-refractivity contribution is 7.13. The van der Waals surface area contributed by atoms with Gasteiger partial charge in [-0.3, -0.25) is 14.5 Å². The van der Waals surface area contributed by atoms with E-state index in [9.17, 15) is 22.8 Å². The lowest BCUT2D eigenvalue weighted by Crippen LogP contribution is -2.50. The number of nitrogens with zero attached hydrogens (tertiary/aromatic N) is 3. The molecule has 2 heterocycles. The Morgan fingerprint density at radius 3 is 2.33 bits per heavy atom. The molecule has 0 atom stereocenters. The molecule has 1 aromatic heterocycles. The first kappa shape index (κ1) is 22.9. The minimum absolute atomic E-state index is 0.0525. The molecule has 6 nitrogen and oxygen atoms in total. The summed E-state index contributed by atoms with van der Waals surface area (Å²) in [6, 6.07) is 14.5. The number of benzene rings is 2. The Balaban J connectivity index is 1.30. The molecule has 2 aromatic carbocycles. The summed E-state index contributed by atoms with van der Waals surface area (Å²) in [5.41, 5.74) is 0.187. The Labute approximate surface area is 192 Å². The monoisotopic (exact) mass is 474 g/mol. The predicted molar refractivity (Wildman–Crippen MR) is 120 cm³/mol. The number of piperazine rings is 1. The van der Waals surface area contributed by atoms with E-state index in [0.29, 0.717) is 31.9 Å². The average Bonchev–Trinajstić information content (AvgIpc) is 3.30. The van der Waals surface area contributed by atoms with E-state index in [1.807, 2.05) is 35.2 Å². The summed E-state index contributed by atoms with van der Waals surface area (Å²) in [6.07, 6.45) is -4.55. The second-order valence-electron chi connectivity index (χ2n) is 7.56. The van der Waals surface area contributed by atoms with Crippen molar-refractivity contribution < 1.29 is 22.8 Å². The molecule has 0 spiro atoms. The van der Waals surface area contributed by atoms with Gasteiger partial charge in [-0.1, -0.05) is 42.5 Å². The van der Waals surface area contributed by atoms with Gasteiger partial charge in [0.05, 0.1) is 17.8 Å². The van der Waals surface area contributed by atoms with Crippen LogP contribution in [0.2, 0.25) is 0 Å². The molecule has 1 N–H and O–H groups in total. The van der Waals surface area contributed by atoms with Crippen LogP contribution in [0.1, 0.15) is 16.1 Å². The van der Waals surface area contributed by atoms with E-state index in [-0.39, 0.29) is 18.1 Å². The number of aromatic nitrogens is 1. The number of carbonyl (C=O) groups excluding carboxylic acids is 2. The fraction of sp³-hybridized carbons (Fsp3) is 0.261. The summed E-state index contributed by atoms with van der Waals surface area (Å²) < 4.78 is 39.3. The zero-order chi connectivity index (χ0) is 23.4. The molecule has 1 aliphatic rings.